The molecule has 0 aromatic heterocycles. The minimum atomic E-state index is 0.198. The molecule has 0 bridgehead atoms. The SMILES string of the molecule is NOCCc1c(O)c(Cl)cc2c1CCCCC2. The molecule has 0 radical (unpaired) electrons. The first-order chi connectivity index (χ1) is 8.24. The summed E-state index contributed by atoms with van der Waals surface area (Å²) in [6.07, 6.45) is 6.28. The Kier molecular flexibility index (Phi) is 4.26. The van der Waals surface area contributed by atoms with E-state index in [0.717, 1.165) is 18.4 Å². The van der Waals surface area contributed by atoms with E-state index in [1.54, 1.807) is 0 Å². The van der Waals surface area contributed by atoms with Crippen LogP contribution in [-0.4, -0.2) is 11.7 Å². The van der Waals surface area contributed by atoms with Gasteiger partial charge < -0.3 is 9.94 Å². The minimum absolute atomic E-state index is 0.198. The third-order valence-corrected chi connectivity index (χ3v) is 3.70. The minimum Gasteiger partial charge on any atom is -0.506 e. The molecule has 3 nitrogen and oxygen atoms in total. The molecular formula is C13H18ClNO2. The lowest BCUT2D eigenvalue weighted by atomic mass is 9.94. The number of rotatable bonds is 3. The lowest BCUT2D eigenvalue weighted by molar-refractivity contribution is 0.140. The van der Waals surface area contributed by atoms with Crippen molar-refractivity contribution >= 4 is 11.6 Å². The predicted molar refractivity (Wildman–Crippen MR) is 68.2 cm³/mol. The Labute approximate surface area is 106 Å². The summed E-state index contributed by atoms with van der Waals surface area (Å²) in [7, 11) is 0. The van der Waals surface area contributed by atoms with Crippen LogP contribution in [0.5, 0.6) is 5.75 Å². The van der Waals surface area contributed by atoms with Gasteiger partial charge in [-0.1, -0.05) is 18.0 Å². The van der Waals surface area contributed by atoms with Crippen LogP contribution in [0.25, 0.3) is 0 Å². The average molecular weight is 256 g/mol. The van der Waals surface area contributed by atoms with E-state index < -0.39 is 0 Å². The van der Waals surface area contributed by atoms with Gasteiger partial charge in [0.15, 0.2) is 0 Å². The Hall–Kier alpha value is -0.770. The van der Waals surface area contributed by atoms with Crippen LogP contribution in [0.15, 0.2) is 6.07 Å². The largest absolute Gasteiger partial charge is 0.506 e. The highest BCUT2D eigenvalue weighted by Gasteiger charge is 2.18. The van der Waals surface area contributed by atoms with Crippen LogP contribution in [-0.2, 0) is 24.1 Å². The highest BCUT2D eigenvalue weighted by atomic mass is 35.5. The van der Waals surface area contributed by atoms with E-state index in [1.165, 1.54) is 30.4 Å². The van der Waals surface area contributed by atoms with Crippen molar-refractivity contribution in [2.24, 2.45) is 5.90 Å². The van der Waals surface area contributed by atoms with E-state index in [2.05, 4.69) is 4.84 Å². The molecule has 17 heavy (non-hydrogen) atoms. The maximum absolute atomic E-state index is 10.0. The molecular weight excluding hydrogens is 238 g/mol. The van der Waals surface area contributed by atoms with Crippen LogP contribution < -0.4 is 5.90 Å². The van der Waals surface area contributed by atoms with E-state index >= 15 is 0 Å². The normalized spacial score (nSPS) is 15.4. The molecule has 0 fully saturated rings. The fraction of sp³-hybridized carbons (Fsp3) is 0.538. The molecule has 4 heteroatoms. The van der Waals surface area contributed by atoms with Crippen LogP contribution in [0.2, 0.25) is 5.02 Å². The molecule has 0 amide bonds. The van der Waals surface area contributed by atoms with Crippen LogP contribution in [0.3, 0.4) is 0 Å². The van der Waals surface area contributed by atoms with Gasteiger partial charge in [0, 0.05) is 12.0 Å². The summed E-state index contributed by atoms with van der Waals surface area (Å²) >= 11 is 6.06. The molecule has 1 aliphatic rings. The van der Waals surface area contributed by atoms with E-state index in [9.17, 15) is 5.11 Å². The number of phenols is 1. The molecule has 0 saturated carbocycles. The third kappa shape index (κ3) is 2.73. The lowest BCUT2D eigenvalue weighted by Gasteiger charge is -2.15. The molecule has 1 aromatic carbocycles. The summed E-state index contributed by atoms with van der Waals surface area (Å²) in [5.41, 5.74) is 3.44. The number of aromatic hydroxyl groups is 1. The highest BCUT2D eigenvalue weighted by molar-refractivity contribution is 6.32. The Morgan fingerprint density at radius 3 is 2.82 bits per heavy atom. The van der Waals surface area contributed by atoms with Crippen LogP contribution >= 0.6 is 11.6 Å². The van der Waals surface area contributed by atoms with E-state index in [-0.39, 0.29) is 5.75 Å². The molecule has 0 saturated heterocycles. The maximum Gasteiger partial charge on any atom is 0.137 e. The first-order valence-electron chi connectivity index (χ1n) is 6.07. The average Bonchev–Trinajstić information content (AvgIpc) is 2.55. The first-order valence-corrected chi connectivity index (χ1v) is 6.45. The second kappa shape index (κ2) is 5.71. The van der Waals surface area contributed by atoms with E-state index in [4.69, 9.17) is 17.5 Å². The Morgan fingerprint density at radius 2 is 2.06 bits per heavy atom. The van der Waals surface area contributed by atoms with E-state index in [1.807, 2.05) is 6.07 Å². The molecule has 94 valence electrons. The van der Waals surface area contributed by atoms with Crippen LogP contribution in [0.1, 0.15) is 36.0 Å². The summed E-state index contributed by atoms with van der Waals surface area (Å²) in [6, 6.07) is 1.91. The van der Waals surface area contributed by atoms with Gasteiger partial charge in [0.1, 0.15) is 5.75 Å². The molecule has 2 rings (SSSR count). The molecule has 0 heterocycles. The number of nitrogens with two attached hydrogens (primary N) is 1. The monoisotopic (exact) mass is 255 g/mol. The second-order valence-corrected chi connectivity index (χ2v) is 4.91. The maximum atomic E-state index is 10.0. The topological polar surface area (TPSA) is 55.5 Å². The van der Waals surface area contributed by atoms with Crippen LogP contribution in [0, 0.1) is 0 Å². The second-order valence-electron chi connectivity index (χ2n) is 4.50. The number of phenolic OH excluding ortho intramolecular Hbond substituents is 1. The van der Waals surface area contributed by atoms with Crippen LogP contribution in [0.4, 0.5) is 0 Å². The van der Waals surface area contributed by atoms with Crippen molar-refractivity contribution in [2.75, 3.05) is 6.61 Å². The quantitative estimate of drug-likeness (QED) is 0.645. The smallest absolute Gasteiger partial charge is 0.137 e. The standard InChI is InChI=1S/C13H18ClNO2/c14-12-8-9-4-2-1-3-5-10(9)11(13(12)16)6-7-17-15/h8,16H,1-7,15H2. The van der Waals surface area contributed by atoms with Gasteiger partial charge in [0.2, 0.25) is 0 Å². The number of hydrogen-bond acceptors (Lipinski definition) is 3. The van der Waals surface area contributed by atoms with Gasteiger partial charge in [-0.15, -0.1) is 0 Å². The summed E-state index contributed by atoms with van der Waals surface area (Å²) in [5, 5.41) is 10.5. The molecule has 3 N–H and O–H groups in total. The first kappa shape index (κ1) is 12.7. The third-order valence-electron chi connectivity index (χ3n) is 3.41. The van der Waals surface area contributed by atoms with Crippen molar-refractivity contribution in [2.45, 2.75) is 38.5 Å². The van der Waals surface area contributed by atoms with Gasteiger partial charge in [0.05, 0.1) is 11.6 Å². The Balaban J connectivity index is 2.42. The summed E-state index contributed by atoms with van der Waals surface area (Å²) in [4.78, 5) is 4.61. The highest BCUT2D eigenvalue weighted by Crippen LogP contribution is 2.36. The summed E-state index contributed by atoms with van der Waals surface area (Å²) in [5.74, 6) is 5.26. The van der Waals surface area contributed by atoms with Crippen molar-refractivity contribution in [3.63, 3.8) is 0 Å². The number of benzene rings is 1. The number of halogens is 1. The van der Waals surface area contributed by atoms with Gasteiger partial charge in [-0.25, -0.2) is 5.90 Å². The zero-order valence-corrected chi connectivity index (χ0v) is 10.6. The number of hydrogen-bond donors (Lipinski definition) is 2. The molecule has 0 aliphatic heterocycles. The van der Waals surface area contributed by atoms with Gasteiger partial charge in [-0.05, 0) is 42.9 Å². The molecule has 1 aromatic rings. The number of aryl methyl sites for hydroxylation is 1. The molecule has 0 unspecified atom stereocenters. The van der Waals surface area contributed by atoms with Crippen molar-refractivity contribution in [3.05, 3.63) is 27.8 Å². The zero-order valence-electron chi connectivity index (χ0n) is 9.84. The summed E-state index contributed by atoms with van der Waals surface area (Å²) in [6.45, 7) is 0.403. The van der Waals surface area contributed by atoms with Crippen molar-refractivity contribution in [1.29, 1.82) is 0 Å². The fourth-order valence-electron chi connectivity index (χ4n) is 2.55. The zero-order chi connectivity index (χ0) is 12.3. The Bertz CT molecular complexity index is 407. The number of fused-ring (bicyclic) bond motifs is 1. The van der Waals surface area contributed by atoms with Gasteiger partial charge >= 0.3 is 0 Å². The Morgan fingerprint density at radius 1 is 1.29 bits per heavy atom. The van der Waals surface area contributed by atoms with Gasteiger partial charge in [0.25, 0.3) is 0 Å². The van der Waals surface area contributed by atoms with Gasteiger partial charge in [-0.3, -0.25) is 0 Å². The lowest BCUT2D eigenvalue weighted by Crippen LogP contribution is -2.07. The van der Waals surface area contributed by atoms with Gasteiger partial charge in [-0.2, -0.15) is 0 Å². The molecule has 1 aliphatic carbocycles. The van der Waals surface area contributed by atoms with Crippen molar-refractivity contribution in [3.8, 4) is 5.75 Å². The molecule has 0 atom stereocenters. The van der Waals surface area contributed by atoms with Crippen molar-refractivity contribution < 1.29 is 9.94 Å². The fourth-order valence-corrected chi connectivity index (χ4v) is 2.79. The van der Waals surface area contributed by atoms with E-state index in [0.29, 0.717) is 18.1 Å². The summed E-state index contributed by atoms with van der Waals surface area (Å²) < 4.78 is 0. The van der Waals surface area contributed by atoms with Crippen molar-refractivity contribution in [1.82, 2.24) is 0 Å². The predicted octanol–water partition coefficient (Wildman–Crippen LogP) is 2.75. The molecule has 0 spiro atoms.